The summed E-state index contributed by atoms with van der Waals surface area (Å²) >= 11 is 0. The first-order chi connectivity index (χ1) is 12.0. The minimum absolute atomic E-state index is 0.260. The molecule has 0 bridgehead atoms. The molecule has 0 saturated carbocycles. The van der Waals surface area contributed by atoms with Crippen LogP contribution in [-0.4, -0.2) is 39.7 Å². The fourth-order valence-corrected chi connectivity index (χ4v) is 3.32. The highest BCUT2D eigenvalue weighted by molar-refractivity contribution is 5.41. The van der Waals surface area contributed by atoms with E-state index >= 15 is 0 Å². The number of nitrogens with two attached hydrogens (primary N) is 1. The summed E-state index contributed by atoms with van der Waals surface area (Å²) in [4.78, 5) is 16.0. The van der Waals surface area contributed by atoms with Crippen LogP contribution < -0.4 is 10.6 Å². The van der Waals surface area contributed by atoms with E-state index in [4.69, 9.17) is 10.3 Å². The zero-order valence-electron chi connectivity index (χ0n) is 15.4. The minimum atomic E-state index is 0.260. The van der Waals surface area contributed by atoms with Crippen molar-refractivity contribution in [3.8, 4) is 0 Å². The Bertz CT molecular complexity index is 699. The predicted octanol–water partition coefficient (Wildman–Crippen LogP) is 2.25. The van der Waals surface area contributed by atoms with Gasteiger partial charge in [-0.2, -0.15) is 4.98 Å². The van der Waals surface area contributed by atoms with Gasteiger partial charge in [-0.15, -0.1) is 0 Å². The maximum Gasteiger partial charge on any atom is 0.231 e. The molecule has 7 nitrogen and oxygen atoms in total. The molecule has 1 unspecified atom stereocenters. The third-order valence-corrected chi connectivity index (χ3v) is 4.45. The fraction of sp³-hybridized carbons (Fsp3) is 0.667. The lowest BCUT2D eigenvalue weighted by molar-refractivity contribution is 0.329. The quantitative estimate of drug-likeness (QED) is 0.859. The van der Waals surface area contributed by atoms with Gasteiger partial charge in [0.05, 0.1) is 5.92 Å². The van der Waals surface area contributed by atoms with Crippen LogP contribution in [0.2, 0.25) is 0 Å². The molecule has 0 aromatic carbocycles. The van der Waals surface area contributed by atoms with Gasteiger partial charge >= 0.3 is 0 Å². The molecule has 3 heterocycles. The molecule has 1 fully saturated rings. The monoisotopic (exact) mass is 344 g/mol. The standard InChI is InChI=1S/C18H28N6O/c1-12(2)9-16-22-18(25-23-16)14-5-4-8-24(11-14)17-10-15(6-7-19)20-13(3)21-17/h10,12,14H,4-9,11,19H2,1-3H3. The largest absolute Gasteiger partial charge is 0.356 e. The van der Waals surface area contributed by atoms with E-state index in [1.165, 1.54) is 0 Å². The van der Waals surface area contributed by atoms with Gasteiger partial charge in [0, 0.05) is 37.7 Å². The van der Waals surface area contributed by atoms with Crippen molar-refractivity contribution in [1.29, 1.82) is 0 Å². The Labute approximate surface area is 149 Å². The number of nitrogens with zero attached hydrogens (tertiary/aromatic N) is 5. The summed E-state index contributed by atoms with van der Waals surface area (Å²) in [5.41, 5.74) is 6.68. The molecule has 1 aliphatic heterocycles. The van der Waals surface area contributed by atoms with Gasteiger partial charge in [0.1, 0.15) is 11.6 Å². The number of aromatic nitrogens is 4. The van der Waals surface area contributed by atoms with Gasteiger partial charge in [-0.1, -0.05) is 19.0 Å². The summed E-state index contributed by atoms with van der Waals surface area (Å²) in [6, 6.07) is 2.06. The van der Waals surface area contributed by atoms with Gasteiger partial charge < -0.3 is 15.2 Å². The molecule has 25 heavy (non-hydrogen) atoms. The Kier molecular flexibility index (Phi) is 5.63. The molecule has 3 rings (SSSR count). The summed E-state index contributed by atoms with van der Waals surface area (Å²) in [5.74, 6) is 4.12. The topological polar surface area (TPSA) is 94.0 Å². The zero-order valence-corrected chi connectivity index (χ0v) is 15.4. The molecule has 0 spiro atoms. The number of hydrogen-bond acceptors (Lipinski definition) is 7. The number of aryl methyl sites for hydroxylation is 1. The van der Waals surface area contributed by atoms with E-state index in [0.717, 1.165) is 67.8 Å². The van der Waals surface area contributed by atoms with E-state index in [2.05, 4.69) is 44.9 Å². The van der Waals surface area contributed by atoms with E-state index < -0.39 is 0 Å². The van der Waals surface area contributed by atoms with Crippen LogP contribution in [0.4, 0.5) is 5.82 Å². The highest BCUT2D eigenvalue weighted by Crippen LogP contribution is 2.28. The lowest BCUT2D eigenvalue weighted by atomic mass is 9.98. The Morgan fingerprint density at radius 3 is 2.92 bits per heavy atom. The van der Waals surface area contributed by atoms with Crippen LogP contribution in [0.5, 0.6) is 0 Å². The van der Waals surface area contributed by atoms with Crippen LogP contribution in [0.1, 0.15) is 55.8 Å². The van der Waals surface area contributed by atoms with Crippen molar-refractivity contribution in [3.05, 3.63) is 29.3 Å². The SMILES string of the molecule is Cc1nc(CCN)cc(N2CCCC(c3nc(CC(C)C)no3)C2)n1. The van der Waals surface area contributed by atoms with E-state index in [1.54, 1.807) is 0 Å². The second-order valence-corrected chi connectivity index (χ2v) is 7.24. The molecule has 2 aromatic rings. The second kappa shape index (κ2) is 7.91. The van der Waals surface area contributed by atoms with E-state index in [9.17, 15) is 0 Å². The van der Waals surface area contributed by atoms with E-state index in [-0.39, 0.29) is 5.92 Å². The Morgan fingerprint density at radius 1 is 1.32 bits per heavy atom. The molecular formula is C18H28N6O. The number of piperidine rings is 1. The first-order valence-electron chi connectivity index (χ1n) is 9.17. The molecule has 1 aliphatic rings. The molecule has 1 saturated heterocycles. The minimum Gasteiger partial charge on any atom is -0.356 e. The summed E-state index contributed by atoms with van der Waals surface area (Å²) in [5, 5.41) is 4.14. The first kappa shape index (κ1) is 17.8. The molecular weight excluding hydrogens is 316 g/mol. The van der Waals surface area contributed by atoms with Crippen molar-refractivity contribution < 1.29 is 4.52 Å². The maximum atomic E-state index is 5.67. The van der Waals surface area contributed by atoms with E-state index in [0.29, 0.717) is 12.5 Å². The van der Waals surface area contributed by atoms with Crippen molar-refractivity contribution in [2.24, 2.45) is 11.7 Å². The molecule has 2 aromatic heterocycles. The van der Waals surface area contributed by atoms with Crippen LogP contribution in [0.25, 0.3) is 0 Å². The van der Waals surface area contributed by atoms with E-state index in [1.807, 2.05) is 6.92 Å². The van der Waals surface area contributed by atoms with Crippen LogP contribution in [0, 0.1) is 12.8 Å². The molecule has 1 atom stereocenters. The maximum absolute atomic E-state index is 5.67. The van der Waals surface area contributed by atoms with Gasteiger partial charge in [0.2, 0.25) is 5.89 Å². The highest BCUT2D eigenvalue weighted by atomic mass is 16.5. The Morgan fingerprint density at radius 2 is 2.16 bits per heavy atom. The van der Waals surface area contributed by atoms with Crippen molar-refractivity contribution in [2.45, 2.75) is 52.4 Å². The number of rotatable bonds is 6. The third-order valence-electron chi connectivity index (χ3n) is 4.45. The molecule has 7 heteroatoms. The second-order valence-electron chi connectivity index (χ2n) is 7.24. The number of hydrogen-bond donors (Lipinski definition) is 1. The molecule has 0 aliphatic carbocycles. The molecule has 0 amide bonds. The number of anilines is 1. The van der Waals surface area contributed by atoms with Gasteiger partial charge in [0.25, 0.3) is 0 Å². The van der Waals surface area contributed by atoms with Crippen LogP contribution in [0.3, 0.4) is 0 Å². The lowest BCUT2D eigenvalue weighted by Gasteiger charge is -2.32. The van der Waals surface area contributed by atoms with Crippen molar-refractivity contribution in [3.63, 3.8) is 0 Å². The van der Waals surface area contributed by atoms with Gasteiger partial charge in [0.15, 0.2) is 5.82 Å². The molecule has 0 radical (unpaired) electrons. The third kappa shape index (κ3) is 4.54. The Hall–Kier alpha value is -2.02. The van der Waals surface area contributed by atoms with Crippen LogP contribution >= 0.6 is 0 Å². The molecule has 2 N–H and O–H groups in total. The summed E-state index contributed by atoms with van der Waals surface area (Å²) in [7, 11) is 0. The first-order valence-corrected chi connectivity index (χ1v) is 9.17. The van der Waals surface area contributed by atoms with Crippen LogP contribution in [0.15, 0.2) is 10.6 Å². The summed E-state index contributed by atoms with van der Waals surface area (Å²) in [6.07, 6.45) is 3.78. The summed E-state index contributed by atoms with van der Waals surface area (Å²) in [6.45, 7) is 8.69. The predicted molar refractivity (Wildman–Crippen MR) is 96.6 cm³/mol. The van der Waals surface area contributed by atoms with Crippen molar-refractivity contribution in [1.82, 2.24) is 20.1 Å². The zero-order chi connectivity index (χ0) is 17.8. The highest BCUT2D eigenvalue weighted by Gasteiger charge is 2.27. The lowest BCUT2D eigenvalue weighted by Crippen LogP contribution is -2.35. The van der Waals surface area contributed by atoms with Gasteiger partial charge in [-0.05, 0) is 32.2 Å². The average Bonchev–Trinajstić information content (AvgIpc) is 3.02. The Balaban J connectivity index is 1.74. The van der Waals surface area contributed by atoms with Crippen molar-refractivity contribution in [2.75, 3.05) is 24.5 Å². The van der Waals surface area contributed by atoms with Gasteiger partial charge in [-0.3, -0.25) is 0 Å². The fourth-order valence-electron chi connectivity index (χ4n) is 3.32. The average molecular weight is 344 g/mol. The smallest absolute Gasteiger partial charge is 0.231 e. The normalized spacial score (nSPS) is 18.1. The van der Waals surface area contributed by atoms with Crippen molar-refractivity contribution >= 4 is 5.82 Å². The molecule has 136 valence electrons. The van der Waals surface area contributed by atoms with Crippen LogP contribution in [-0.2, 0) is 12.8 Å². The van der Waals surface area contributed by atoms with Gasteiger partial charge in [-0.25, -0.2) is 9.97 Å². The summed E-state index contributed by atoms with van der Waals surface area (Å²) < 4.78 is 5.54.